The second-order valence-electron chi connectivity index (χ2n) is 6.54. The number of aryl methyl sites for hydroxylation is 1. The predicted octanol–water partition coefficient (Wildman–Crippen LogP) is 4.15. The summed E-state index contributed by atoms with van der Waals surface area (Å²) in [5.41, 5.74) is 4.00. The van der Waals surface area contributed by atoms with Gasteiger partial charge in [-0.1, -0.05) is 31.2 Å². The fourth-order valence-electron chi connectivity index (χ4n) is 4.88. The van der Waals surface area contributed by atoms with Crippen LogP contribution in [0.2, 0.25) is 0 Å². The van der Waals surface area contributed by atoms with Gasteiger partial charge in [-0.2, -0.15) is 0 Å². The van der Waals surface area contributed by atoms with Crippen LogP contribution in [0.5, 0.6) is 0 Å². The minimum absolute atomic E-state index is 0.639. The van der Waals surface area contributed by atoms with Crippen LogP contribution in [-0.4, -0.2) is 0 Å². The number of hydrogen-bond acceptors (Lipinski definition) is 0. The van der Waals surface area contributed by atoms with E-state index < -0.39 is 0 Å². The fraction of sp³-hybridized carbons (Fsp3) is 0.625. The van der Waals surface area contributed by atoms with E-state index in [1.165, 1.54) is 32.1 Å². The summed E-state index contributed by atoms with van der Waals surface area (Å²) >= 11 is 0. The van der Waals surface area contributed by atoms with Crippen molar-refractivity contribution in [1.29, 1.82) is 0 Å². The molecule has 4 atom stereocenters. The first-order chi connectivity index (χ1) is 7.78. The largest absolute Gasteiger partial charge is 0.0620 e. The molecule has 0 nitrogen and oxygen atoms in total. The summed E-state index contributed by atoms with van der Waals surface area (Å²) in [5, 5.41) is 0. The molecule has 84 valence electrons. The second kappa shape index (κ2) is 2.91. The summed E-state index contributed by atoms with van der Waals surface area (Å²) in [5.74, 6) is 3.00. The number of benzene rings is 1. The number of rotatable bonds is 0. The van der Waals surface area contributed by atoms with Crippen molar-refractivity contribution in [2.75, 3.05) is 0 Å². The van der Waals surface area contributed by atoms with Crippen molar-refractivity contribution in [3.63, 3.8) is 0 Å². The van der Waals surface area contributed by atoms with E-state index in [2.05, 4.69) is 31.2 Å². The Bertz CT molecular complexity index is 433. The van der Waals surface area contributed by atoms with Crippen LogP contribution in [0.4, 0.5) is 0 Å². The van der Waals surface area contributed by atoms with Crippen molar-refractivity contribution >= 4 is 0 Å². The molecule has 2 fully saturated rings. The summed E-state index contributed by atoms with van der Waals surface area (Å²) in [6.45, 7) is 2.56. The SMILES string of the molecule is CC12CCc3ccccc3C1C1CCC1C2. The highest BCUT2D eigenvalue weighted by molar-refractivity contribution is 5.37. The van der Waals surface area contributed by atoms with Crippen molar-refractivity contribution < 1.29 is 0 Å². The molecule has 2 saturated carbocycles. The maximum absolute atomic E-state index is 2.56. The molecule has 0 spiro atoms. The molecule has 1 aromatic carbocycles. The van der Waals surface area contributed by atoms with Gasteiger partial charge in [-0.05, 0) is 66.4 Å². The van der Waals surface area contributed by atoms with Gasteiger partial charge in [-0.15, -0.1) is 0 Å². The molecule has 0 aromatic heterocycles. The first kappa shape index (κ1) is 9.27. The Morgan fingerprint density at radius 1 is 1.19 bits per heavy atom. The third kappa shape index (κ3) is 1.01. The third-order valence-corrected chi connectivity index (χ3v) is 5.74. The van der Waals surface area contributed by atoms with Crippen molar-refractivity contribution in [3.05, 3.63) is 35.4 Å². The third-order valence-electron chi connectivity index (χ3n) is 5.74. The van der Waals surface area contributed by atoms with Crippen LogP contribution in [-0.2, 0) is 6.42 Å². The average Bonchev–Trinajstić information content (AvgIpc) is 2.48. The normalized spacial score (nSPS) is 44.2. The highest BCUT2D eigenvalue weighted by Gasteiger charge is 2.55. The van der Waals surface area contributed by atoms with Gasteiger partial charge in [0.05, 0.1) is 0 Å². The second-order valence-corrected chi connectivity index (χ2v) is 6.54. The maximum Gasteiger partial charge on any atom is -0.00741 e. The Morgan fingerprint density at radius 3 is 2.88 bits per heavy atom. The smallest absolute Gasteiger partial charge is 0.00741 e. The van der Waals surface area contributed by atoms with E-state index in [0.29, 0.717) is 5.41 Å². The predicted molar refractivity (Wildman–Crippen MR) is 66.4 cm³/mol. The lowest BCUT2D eigenvalue weighted by Gasteiger charge is -2.41. The van der Waals surface area contributed by atoms with Crippen LogP contribution in [0, 0.1) is 17.3 Å². The molecule has 16 heavy (non-hydrogen) atoms. The average molecular weight is 212 g/mol. The summed E-state index contributed by atoms with van der Waals surface area (Å²) in [6.07, 6.45) is 7.28. The van der Waals surface area contributed by atoms with Crippen molar-refractivity contribution in [3.8, 4) is 0 Å². The molecule has 1 aromatic rings. The minimum atomic E-state index is 0.639. The molecule has 0 bridgehead atoms. The van der Waals surface area contributed by atoms with E-state index in [1.54, 1.807) is 11.1 Å². The zero-order valence-electron chi connectivity index (χ0n) is 10.1. The quantitative estimate of drug-likeness (QED) is 0.606. The molecular formula is C16H20. The summed E-state index contributed by atoms with van der Waals surface area (Å²) in [4.78, 5) is 0. The zero-order chi connectivity index (χ0) is 10.8. The zero-order valence-corrected chi connectivity index (χ0v) is 10.1. The van der Waals surface area contributed by atoms with E-state index in [9.17, 15) is 0 Å². The van der Waals surface area contributed by atoms with Gasteiger partial charge in [-0.3, -0.25) is 0 Å². The van der Waals surface area contributed by atoms with E-state index in [0.717, 1.165) is 17.8 Å². The van der Waals surface area contributed by atoms with Gasteiger partial charge in [0, 0.05) is 0 Å². The molecule has 0 radical (unpaired) electrons. The fourth-order valence-corrected chi connectivity index (χ4v) is 4.88. The van der Waals surface area contributed by atoms with Crippen LogP contribution in [0.25, 0.3) is 0 Å². The molecule has 0 aliphatic heterocycles. The Kier molecular flexibility index (Phi) is 1.69. The van der Waals surface area contributed by atoms with E-state index in [-0.39, 0.29) is 0 Å². The molecule has 0 heterocycles. The van der Waals surface area contributed by atoms with Gasteiger partial charge in [0.15, 0.2) is 0 Å². The van der Waals surface area contributed by atoms with Crippen LogP contribution in [0.3, 0.4) is 0 Å². The molecule has 0 saturated heterocycles. The van der Waals surface area contributed by atoms with Crippen molar-refractivity contribution in [2.24, 2.45) is 17.3 Å². The molecular weight excluding hydrogens is 192 g/mol. The van der Waals surface area contributed by atoms with Gasteiger partial charge in [0.2, 0.25) is 0 Å². The van der Waals surface area contributed by atoms with Crippen LogP contribution in [0.1, 0.15) is 49.7 Å². The molecule has 3 aliphatic rings. The van der Waals surface area contributed by atoms with Gasteiger partial charge < -0.3 is 0 Å². The lowest BCUT2D eigenvalue weighted by Crippen LogP contribution is -2.31. The van der Waals surface area contributed by atoms with Gasteiger partial charge >= 0.3 is 0 Å². The summed E-state index contributed by atoms with van der Waals surface area (Å²) < 4.78 is 0. The Balaban J connectivity index is 1.86. The topological polar surface area (TPSA) is 0 Å². The molecule has 0 amide bonds. The monoisotopic (exact) mass is 212 g/mol. The standard InChI is InChI=1S/C16H20/c1-16-9-8-11-4-2-3-5-13(11)15(16)14-7-6-12(14)10-16/h2-5,12,14-15H,6-10H2,1H3. The van der Waals surface area contributed by atoms with Crippen LogP contribution in [0.15, 0.2) is 24.3 Å². The number of hydrogen-bond donors (Lipinski definition) is 0. The summed E-state index contributed by atoms with van der Waals surface area (Å²) in [6, 6.07) is 9.24. The van der Waals surface area contributed by atoms with E-state index in [4.69, 9.17) is 0 Å². The molecule has 0 N–H and O–H groups in total. The van der Waals surface area contributed by atoms with Crippen LogP contribution < -0.4 is 0 Å². The highest BCUT2D eigenvalue weighted by Crippen LogP contribution is 2.66. The first-order valence-corrected chi connectivity index (χ1v) is 6.86. The Hall–Kier alpha value is -0.780. The van der Waals surface area contributed by atoms with Gasteiger partial charge in [-0.25, -0.2) is 0 Å². The number of fused-ring (bicyclic) bond motifs is 5. The molecule has 0 heteroatoms. The van der Waals surface area contributed by atoms with Gasteiger partial charge in [0.1, 0.15) is 0 Å². The van der Waals surface area contributed by atoms with Crippen molar-refractivity contribution in [2.45, 2.75) is 44.9 Å². The maximum atomic E-state index is 2.56. The van der Waals surface area contributed by atoms with Crippen molar-refractivity contribution in [1.82, 2.24) is 0 Å². The lowest BCUT2D eigenvalue weighted by molar-refractivity contribution is 0.189. The van der Waals surface area contributed by atoms with E-state index in [1.807, 2.05) is 0 Å². The lowest BCUT2D eigenvalue weighted by atomic mass is 9.63. The van der Waals surface area contributed by atoms with E-state index >= 15 is 0 Å². The minimum Gasteiger partial charge on any atom is -0.0620 e. The van der Waals surface area contributed by atoms with Gasteiger partial charge in [0.25, 0.3) is 0 Å². The highest BCUT2D eigenvalue weighted by atomic mass is 14.6. The summed E-state index contributed by atoms with van der Waals surface area (Å²) in [7, 11) is 0. The Labute approximate surface area is 98.1 Å². The first-order valence-electron chi connectivity index (χ1n) is 6.86. The molecule has 3 aliphatic carbocycles. The van der Waals surface area contributed by atoms with Crippen LogP contribution >= 0.6 is 0 Å². The molecule has 4 rings (SSSR count). The Morgan fingerprint density at radius 2 is 2.06 bits per heavy atom. The molecule has 4 unspecified atom stereocenters.